The number of hydrogen-bond acceptors (Lipinski definition) is 7. The number of carbonyl (C=O) groups excluding carboxylic acids is 3. The van der Waals surface area contributed by atoms with Crippen molar-refractivity contribution in [2.75, 3.05) is 41.3 Å². The number of nitrogens with two attached hydrogens (primary N) is 3. The van der Waals surface area contributed by atoms with Crippen molar-refractivity contribution in [3.63, 3.8) is 0 Å². The third kappa shape index (κ3) is 16.1. The minimum Gasteiger partial charge on any atom is -0.481 e. The summed E-state index contributed by atoms with van der Waals surface area (Å²) in [6.45, 7) is 1.21. The van der Waals surface area contributed by atoms with Gasteiger partial charge in [0.15, 0.2) is 0 Å². The van der Waals surface area contributed by atoms with Crippen molar-refractivity contribution >= 4 is 23.7 Å². The molecule has 316 valence electrons. The Hall–Kier alpha value is -5.36. The molecule has 0 saturated heterocycles. The molecule has 0 spiro atoms. The third-order valence-electron chi connectivity index (χ3n) is 11.3. The molecule has 11 heteroatoms. The van der Waals surface area contributed by atoms with E-state index in [1.165, 1.54) is 36.8 Å². The first-order chi connectivity index (χ1) is 28.2. The molecule has 6 rings (SSSR count). The second-order valence-electron chi connectivity index (χ2n) is 16.3. The summed E-state index contributed by atoms with van der Waals surface area (Å²) >= 11 is 0. The Morgan fingerprint density at radius 3 is 1.34 bits per heavy atom. The van der Waals surface area contributed by atoms with E-state index < -0.39 is 17.8 Å². The van der Waals surface area contributed by atoms with Gasteiger partial charge in [-0.3, -0.25) is 19.2 Å². The quantitative estimate of drug-likeness (QED) is 0.0784. The highest BCUT2D eigenvalue weighted by molar-refractivity contribution is 5.93. The van der Waals surface area contributed by atoms with Gasteiger partial charge in [-0.25, -0.2) is 0 Å². The van der Waals surface area contributed by atoms with Crippen LogP contribution in [0, 0.1) is 11.8 Å². The van der Waals surface area contributed by atoms with Gasteiger partial charge in [0.1, 0.15) is 0 Å². The first-order valence-corrected chi connectivity index (χ1v) is 20.6. The predicted molar refractivity (Wildman–Crippen MR) is 235 cm³/mol. The largest absolute Gasteiger partial charge is 0.481 e. The van der Waals surface area contributed by atoms with E-state index in [-0.39, 0.29) is 24.3 Å². The number of amides is 3. The molecule has 4 atom stereocenters. The molecule has 8 N–H and O–H groups in total. The zero-order chi connectivity index (χ0) is 42.9. The lowest BCUT2D eigenvalue weighted by Gasteiger charge is -2.25. The third-order valence-corrected chi connectivity index (χ3v) is 11.3. The van der Waals surface area contributed by atoms with Crippen LogP contribution >= 0.6 is 0 Å². The van der Waals surface area contributed by atoms with E-state index in [4.69, 9.17) is 22.3 Å². The fraction of sp³-hybridized carbons (Fsp3) is 0.417. The molecule has 0 aromatic heterocycles. The Labute approximate surface area is 350 Å². The maximum Gasteiger partial charge on any atom is 0.303 e. The number of carboxylic acid groups (broad SMARTS) is 1. The molecule has 4 aromatic rings. The summed E-state index contributed by atoms with van der Waals surface area (Å²) in [5.74, 6) is 0.396. The SMILES string of the molecule is CN(C)[C@H](CN)Cc1ccc(C(N)=O)cc1.CN(C)[C@H](CNC(=O)C[C@@H](c1ccccc1)C1CC1)Cc1ccc(C(N)=O)cc1.O=C(O)C[C@@H](c1ccccc1)C1CC1. The first kappa shape index (κ1) is 46.3. The Morgan fingerprint density at radius 2 is 1.00 bits per heavy atom. The Balaban J connectivity index is 0.000000216. The first-order valence-electron chi connectivity index (χ1n) is 20.6. The number of likely N-dealkylation sites (N-methyl/N-ethyl adjacent to an activating group) is 2. The number of benzene rings is 4. The number of nitrogens with one attached hydrogen (secondary N) is 1. The summed E-state index contributed by atoms with van der Waals surface area (Å²) in [6.07, 6.45) is 7.29. The summed E-state index contributed by atoms with van der Waals surface area (Å²) in [6, 6.07) is 35.6. The lowest BCUT2D eigenvalue weighted by atomic mass is 9.90. The number of rotatable bonds is 19. The molecule has 2 saturated carbocycles. The molecular formula is C48H64N6O5. The van der Waals surface area contributed by atoms with Crippen molar-refractivity contribution in [1.82, 2.24) is 15.1 Å². The molecule has 11 nitrogen and oxygen atoms in total. The number of nitrogens with zero attached hydrogens (tertiary/aromatic N) is 2. The number of aliphatic carboxylic acids is 1. The van der Waals surface area contributed by atoms with Crippen LogP contribution in [0.25, 0.3) is 0 Å². The summed E-state index contributed by atoms with van der Waals surface area (Å²) < 4.78 is 0. The van der Waals surface area contributed by atoms with Gasteiger partial charge in [0.25, 0.3) is 0 Å². The minimum atomic E-state index is -0.689. The molecule has 4 aromatic carbocycles. The molecule has 2 aliphatic carbocycles. The van der Waals surface area contributed by atoms with Crippen LogP contribution in [0.15, 0.2) is 109 Å². The highest BCUT2D eigenvalue weighted by atomic mass is 16.4. The van der Waals surface area contributed by atoms with E-state index >= 15 is 0 Å². The predicted octanol–water partition coefficient (Wildman–Crippen LogP) is 5.83. The highest BCUT2D eigenvalue weighted by Crippen LogP contribution is 2.45. The van der Waals surface area contributed by atoms with Crippen LogP contribution in [0.3, 0.4) is 0 Å². The number of primary amides is 2. The molecule has 2 fully saturated rings. The van der Waals surface area contributed by atoms with Gasteiger partial charge in [0, 0.05) is 42.7 Å². The van der Waals surface area contributed by atoms with Crippen molar-refractivity contribution in [2.24, 2.45) is 29.0 Å². The normalized spacial score (nSPS) is 15.4. The Morgan fingerprint density at radius 1 is 0.610 bits per heavy atom. The fourth-order valence-electron chi connectivity index (χ4n) is 7.27. The fourth-order valence-corrected chi connectivity index (χ4v) is 7.27. The van der Waals surface area contributed by atoms with Crippen molar-refractivity contribution in [3.05, 3.63) is 143 Å². The maximum absolute atomic E-state index is 12.7. The molecular weight excluding hydrogens is 741 g/mol. The average Bonchev–Trinajstić information content (AvgIpc) is 4.17. The van der Waals surface area contributed by atoms with Crippen molar-refractivity contribution in [3.8, 4) is 0 Å². The van der Waals surface area contributed by atoms with Crippen LogP contribution in [0.1, 0.15) is 93.3 Å². The average molecular weight is 805 g/mol. The zero-order valence-electron chi connectivity index (χ0n) is 35.1. The highest BCUT2D eigenvalue weighted by Gasteiger charge is 2.34. The molecule has 0 aliphatic heterocycles. The second-order valence-corrected chi connectivity index (χ2v) is 16.3. The second kappa shape index (κ2) is 23.3. The molecule has 0 radical (unpaired) electrons. The Kier molecular flexibility index (Phi) is 18.3. The summed E-state index contributed by atoms with van der Waals surface area (Å²) in [7, 11) is 8.06. The number of carboxylic acids is 1. The van der Waals surface area contributed by atoms with Gasteiger partial charge in [-0.05, 0) is 137 Å². The topological polar surface area (TPSA) is 185 Å². The summed E-state index contributed by atoms with van der Waals surface area (Å²) in [4.78, 5) is 49.7. The van der Waals surface area contributed by atoms with E-state index in [1.807, 2.05) is 101 Å². The van der Waals surface area contributed by atoms with Crippen molar-refractivity contribution in [1.29, 1.82) is 0 Å². The van der Waals surface area contributed by atoms with E-state index in [0.717, 1.165) is 24.0 Å². The van der Waals surface area contributed by atoms with Crippen LogP contribution in [-0.4, -0.2) is 92.0 Å². The summed E-state index contributed by atoms with van der Waals surface area (Å²) in [5.41, 5.74) is 21.9. The van der Waals surface area contributed by atoms with Crippen molar-refractivity contribution in [2.45, 2.75) is 75.3 Å². The molecule has 3 amide bonds. The Bertz CT molecular complexity index is 1900. The van der Waals surface area contributed by atoms with Gasteiger partial charge in [-0.1, -0.05) is 84.9 Å². The van der Waals surface area contributed by atoms with Crippen LogP contribution in [0.4, 0.5) is 0 Å². The summed E-state index contributed by atoms with van der Waals surface area (Å²) in [5, 5.41) is 12.0. The van der Waals surface area contributed by atoms with E-state index in [9.17, 15) is 19.2 Å². The minimum absolute atomic E-state index is 0.113. The molecule has 2 aliphatic rings. The van der Waals surface area contributed by atoms with Crippen molar-refractivity contribution < 1.29 is 24.3 Å². The van der Waals surface area contributed by atoms with Gasteiger partial charge < -0.3 is 37.4 Å². The maximum atomic E-state index is 12.7. The van der Waals surface area contributed by atoms with Crippen LogP contribution in [-0.2, 0) is 22.4 Å². The van der Waals surface area contributed by atoms with E-state index in [1.54, 1.807) is 24.3 Å². The van der Waals surface area contributed by atoms with Gasteiger partial charge in [-0.2, -0.15) is 0 Å². The lowest BCUT2D eigenvalue weighted by Crippen LogP contribution is -2.42. The molecule has 0 unspecified atom stereocenters. The smallest absolute Gasteiger partial charge is 0.303 e. The van der Waals surface area contributed by atoms with Gasteiger partial charge in [-0.15, -0.1) is 0 Å². The zero-order valence-corrected chi connectivity index (χ0v) is 35.1. The molecule has 59 heavy (non-hydrogen) atoms. The van der Waals surface area contributed by atoms with Crippen LogP contribution in [0.5, 0.6) is 0 Å². The van der Waals surface area contributed by atoms with Gasteiger partial charge in [0.2, 0.25) is 17.7 Å². The van der Waals surface area contributed by atoms with Gasteiger partial charge >= 0.3 is 5.97 Å². The van der Waals surface area contributed by atoms with Crippen LogP contribution < -0.4 is 22.5 Å². The lowest BCUT2D eigenvalue weighted by molar-refractivity contribution is -0.137. The number of carbonyl (C=O) groups is 4. The molecule has 0 heterocycles. The van der Waals surface area contributed by atoms with Crippen LogP contribution in [0.2, 0.25) is 0 Å². The standard InChI is InChI=1S/C24H31N3O2.C12H19N3O.C12H14O2/c1-27(2)21(14-17-8-10-20(11-9-17)24(25)29)16-26-23(28)15-22(19-12-13-19)18-6-4-3-5-7-18;1-15(2)11(8-13)7-9-3-5-10(6-4-9)12(14)16;13-12(14)8-11(10-6-7-10)9-4-2-1-3-5-9/h3-11,19,21-22H,12-16H2,1-2H3,(H2,25,29)(H,26,28);3-6,11H,7-8,13H2,1-2H3,(H2,14,16);1-5,10-11H,6-8H2,(H,13,14)/t21-,22-;2*11-/m000/s1. The van der Waals surface area contributed by atoms with Gasteiger partial charge in [0.05, 0.1) is 6.42 Å². The van der Waals surface area contributed by atoms with E-state index in [0.29, 0.717) is 54.4 Å². The monoisotopic (exact) mass is 804 g/mol. The molecule has 0 bridgehead atoms. The van der Waals surface area contributed by atoms with E-state index in [2.05, 4.69) is 27.2 Å². The number of hydrogen-bond donors (Lipinski definition) is 5.